The summed E-state index contributed by atoms with van der Waals surface area (Å²) in [5.74, 6) is 0. The van der Waals surface area contributed by atoms with Gasteiger partial charge in [-0.05, 0) is 104 Å². The monoisotopic (exact) mass is 383 g/mol. The summed E-state index contributed by atoms with van der Waals surface area (Å²) in [5, 5.41) is 0. The van der Waals surface area contributed by atoms with E-state index in [0.717, 1.165) is 26.2 Å². The van der Waals surface area contributed by atoms with Crippen molar-refractivity contribution in [3.8, 4) is 0 Å². The van der Waals surface area contributed by atoms with Gasteiger partial charge >= 0.3 is 0 Å². The topological polar surface area (TPSA) is 9.72 Å². The highest BCUT2D eigenvalue weighted by Crippen LogP contribution is 2.27. The van der Waals surface area contributed by atoms with E-state index in [1.54, 1.807) is 0 Å². The Morgan fingerprint density at radius 3 is 0.704 bits per heavy atom. The molecule has 0 aliphatic heterocycles. The van der Waals surface area contributed by atoms with Gasteiger partial charge in [-0.3, -0.25) is 14.7 Å². The third kappa shape index (κ3) is 9.28. The molecular weight excluding hydrogens is 330 g/mol. The predicted octanol–water partition coefficient (Wildman–Crippen LogP) is 5.88. The molecule has 0 heterocycles. The summed E-state index contributed by atoms with van der Waals surface area (Å²) in [4.78, 5) is 7.95. The summed E-state index contributed by atoms with van der Waals surface area (Å²) in [5.41, 5.74) is 0.855. The van der Waals surface area contributed by atoms with Crippen LogP contribution in [0.5, 0.6) is 0 Å². The molecule has 0 saturated carbocycles. The average Bonchev–Trinajstić information content (AvgIpc) is 2.28. The molecule has 27 heavy (non-hydrogen) atoms. The number of nitrogens with zero attached hydrogens (tertiary/aromatic N) is 3. The first kappa shape index (κ1) is 26.9. The van der Waals surface area contributed by atoms with Crippen LogP contribution < -0.4 is 0 Å². The molecule has 0 N–H and O–H groups in total. The van der Waals surface area contributed by atoms with Crippen molar-refractivity contribution in [1.29, 1.82) is 0 Å². The van der Waals surface area contributed by atoms with Crippen molar-refractivity contribution in [2.45, 2.75) is 132 Å². The van der Waals surface area contributed by atoms with Gasteiger partial charge in [-0.2, -0.15) is 0 Å². The molecule has 0 aliphatic carbocycles. The van der Waals surface area contributed by atoms with Crippen molar-refractivity contribution in [3.05, 3.63) is 0 Å². The molecule has 0 spiro atoms. The molecule has 0 atom stereocenters. The lowest BCUT2D eigenvalue weighted by atomic mass is 9.95. The Bertz CT molecular complexity index is 369. The summed E-state index contributed by atoms with van der Waals surface area (Å²) in [6, 6.07) is 0. The van der Waals surface area contributed by atoms with Crippen LogP contribution >= 0.6 is 0 Å². The van der Waals surface area contributed by atoms with Crippen molar-refractivity contribution in [2.24, 2.45) is 0 Å². The maximum absolute atomic E-state index is 2.67. The lowest BCUT2D eigenvalue weighted by Crippen LogP contribution is -2.58. The highest BCUT2D eigenvalue weighted by Gasteiger charge is 2.34. The van der Waals surface area contributed by atoms with Crippen LogP contribution in [0.3, 0.4) is 0 Å². The van der Waals surface area contributed by atoms with E-state index in [1.807, 2.05) is 0 Å². The van der Waals surface area contributed by atoms with E-state index in [9.17, 15) is 0 Å². The van der Waals surface area contributed by atoms with Crippen LogP contribution in [-0.2, 0) is 0 Å². The lowest BCUT2D eigenvalue weighted by molar-refractivity contribution is -0.00325. The number of hydrogen-bond acceptors (Lipinski definition) is 3. The van der Waals surface area contributed by atoms with Crippen molar-refractivity contribution in [1.82, 2.24) is 14.7 Å². The zero-order chi connectivity index (χ0) is 22.1. The second-order valence-corrected chi connectivity index (χ2v) is 13.1. The van der Waals surface area contributed by atoms with Gasteiger partial charge in [0.05, 0.1) is 0 Å². The molecule has 3 heteroatoms. The minimum atomic E-state index is 0.170. The standard InChI is InChI=1S/C24H53N3/c1-20(2,3)25(16-18-26(21(4,5)6)22(7,8)9)17-19-27(23(10,11)12)24(13,14)15/h16-19H2,1-15H3. The molecule has 0 saturated heterocycles. The predicted molar refractivity (Wildman–Crippen MR) is 124 cm³/mol. The summed E-state index contributed by atoms with van der Waals surface area (Å²) < 4.78 is 0. The Morgan fingerprint density at radius 1 is 0.333 bits per heavy atom. The second-order valence-electron chi connectivity index (χ2n) is 13.1. The van der Waals surface area contributed by atoms with Crippen molar-refractivity contribution in [3.63, 3.8) is 0 Å². The van der Waals surface area contributed by atoms with E-state index in [0.29, 0.717) is 0 Å². The Labute approximate surface area is 172 Å². The Hall–Kier alpha value is -0.120. The van der Waals surface area contributed by atoms with Gasteiger partial charge < -0.3 is 0 Å². The van der Waals surface area contributed by atoms with Gasteiger partial charge in [0.15, 0.2) is 0 Å². The van der Waals surface area contributed by atoms with Crippen LogP contribution in [0.15, 0.2) is 0 Å². The molecule has 164 valence electrons. The molecule has 0 aromatic heterocycles. The van der Waals surface area contributed by atoms with E-state index < -0.39 is 0 Å². The van der Waals surface area contributed by atoms with Gasteiger partial charge in [-0.1, -0.05) is 0 Å². The molecule has 0 aromatic carbocycles. The van der Waals surface area contributed by atoms with E-state index in [2.05, 4.69) is 119 Å². The molecular formula is C24H53N3. The minimum absolute atomic E-state index is 0.170. The first-order valence-electron chi connectivity index (χ1n) is 10.9. The number of rotatable bonds is 6. The molecule has 0 fully saturated rings. The molecule has 0 unspecified atom stereocenters. The Morgan fingerprint density at radius 2 is 0.556 bits per heavy atom. The van der Waals surface area contributed by atoms with E-state index in [4.69, 9.17) is 0 Å². The molecule has 3 nitrogen and oxygen atoms in total. The zero-order valence-corrected chi connectivity index (χ0v) is 21.7. The van der Waals surface area contributed by atoms with Crippen molar-refractivity contribution in [2.75, 3.05) is 26.2 Å². The molecule has 0 radical (unpaired) electrons. The maximum atomic E-state index is 2.67. The first-order chi connectivity index (χ1) is 11.6. The average molecular weight is 384 g/mol. The van der Waals surface area contributed by atoms with Crippen molar-refractivity contribution < 1.29 is 0 Å². The van der Waals surface area contributed by atoms with E-state index in [1.165, 1.54) is 0 Å². The van der Waals surface area contributed by atoms with Crippen LogP contribution in [0.4, 0.5) is 0 Å². The summed E-state index contributed by atoms with van der Waals surface area (Å²) in [7, 11) is 0. The molecule has 0 amide bonds. The fourth-order valence-electron chi connectivity index (χ4n) is 4.58. The van der Waals surface area contributed by atoms with Gasteiger partial charge in [0.25, 0.3) is 0 Å². The maximum Gasteiger partial charge on any atom is 0.0130 e. The zero-order valence-electron chi connectivity index (χ0n) is 21.7. The SMILES string of the molecule is CC(C)(C)N(CCN(C(C)(C)C)C(C)(C)C)CCN(C(C)(C)C)C(C)(C)C. The van der Waals surface area contributed by atoms with Gasteiger partial charge in [0, 0.05) is 53.9 Å². The van der Waals surface area contributed by atoms with Crippen LogP contribution in [0.2, 0.25) is 0 Å². The van der Waals surface area contributed by atoms with Crippen LogP contribution in [0.1, 0.15) is 104 Å². The smallest absolute Gasteiger partial charge is 0.0130 e. The highest BCUT2D eigenvalue weighted by molar-refractivity contribution is 4.91. The molecule has 0 rings (SSSR count). The van der Waals surface area contributed by atoms with Gasteiger partial charge in [0.2, 0.25) is 0 Å². The van der Waals surface area contributed by atoms with Crippen LogP contribution in [0.25, 0.3) is 0 Å². The lowest BCUT2D eigenvalue weighted by Gasteiger charge is -2.49. The third-order valence-corrected chi connectivity index (χ3v) is 5.37. The first-order valence-corrected chi connectivity index (χ1v) is 10.9. The molecule has 0 aromatic rings. The Kier molecular flexibility index (Phi) is 8.67. The van der Waals surface area contributed by atoms with Crippen LogP contribution in [-0.4, -0.2) is 68.6 Å². The van der Waals surface area contributed by atoms with Gasteiger partial charge in [0.1, 0.15) is 0 Å². The summed E-state index contributed by atoms with van der Waals surface area (Å²) >= 11 is 0. The molecule has 0 aliphatic rings. The fraction of sp³-hybridized carbons (Fsp3) is 1.00. The second kappa shape index (κ2) is 8.71. The minimum Gasteiger partial charge on any atom is -0.296 e. The normalized spacial score (nSPS) is 15.3. The fourth-order valence-corrected chi connectivity index (χ4v) is 4.58. The van der Waals surface area contributed by atoms with Crippen LogP contribution in [0, 0.1) is 0 Å². The quantitative estimate of drug-likeness (QED) is 0.566. The van der Waals surface area contributed by atoms with E-state index in [-0.39, 0.29) is 27.7 Å². The van der Waals surface area contributed by atoms with Gasteiger partial charge in [-0.25, -0.2) is 0 Å². The van der Waals surface area contributed by atoms with Gasteiger partial charge in [-0.15, -0.1) is 0 Å². The highest BCUT2D eigenvalue weighted by atomic mass is 15.3. The molecule has 0 bridgehead atoms. The summed E-state index contributed by atoms with van der Waals surface area (Å²) in [6.45, 7) is 39.4. The summed E-state index contributed by atoms with van der Waals surface area (Å²) in [6.07, 6.45) is 0. The van der Waals surface area contributed by atoms with E-state index >= 15 is 0 Å². The third-order valence-electron chi connectivity index (χ3n) is 5.37. The number of hydrogen-bond donors (Lipinski definition) is 0. The Balaban J connectivity index is 5.33. The largest absolute Gasteiger partial charge is 0.296 e. The van der Waals surface area contributed by atoms with Crippen molar-refractivity contribution >= 4 is 0 Å².